The molecule has 1 amide bonds. The molecule has 0 fully saturated rings. The predicted octanol–water partition coefficient (Wildman–Crippen LogP) is 3.98. The average Bonchev–Trinajstić information content (AvgIpc) is 2.59. The van der Waals surface area contributed by atoms with Gasteiger partial charge in [-0.25, -0.2) is 0 Å². The summed E-state index contributed by atoms with van der Waals surface area (Å²) in [5.74, 6) is -0.565. The van der Waals surface area contributed by atoms with E-state index in [1.54, 1.807) is 42.5 Å². The molecule has 118 valence electrons. The Balaban J connectivity index is 2.19. The highest BCUT2D eigenvalue weighted by atomic mass is 35.5. The molecule has 0 aliphatic rings. The van der Waals surface area contributed by atoms with Crippen LogP contribution in [0.1, 0.15) is 11.1 Å². The number of anilines is 2. The van der Waals surface area contributed by atoms with Crippen LogP contribution in [0.25, 0.3) is 0 Å². The maximum atomic E-state index is 12.2. The van der Waals surface area contributed by atoms with Crippen LogP contribution in [0.2, 0.25) is 5.02 Å². The summed E-state index contributed by atoms with van der Waals surface area (Å²) in [6, 6.07) is 15.8. The number of amides is 1. The third-order valence-electron chi connectivity index (χ3n) is 3.23. The van der Waals surface area contributed by atoms with Crippen LogP contribution in [-0.2, 0) is 4.79 Å². The fourth-order valence-electron chi connectivity index (χ4n) is 1.92. The first-order valence-electron chi connectivity index (χ1n) is 6.98. The Morgan fingerprint density at radius 2 is 1.92 bits per heavy atom. The minimum Gasteiger partial charge on any atom is -0.359 e. The molecule has 2 aromatic carbocycles. The van der Waals surface area contributed by atoms with E-state index in [1.165, 1.54) is 6.20 Å². The molecule has 0 radical (unpaired) electrons. The van der Waals surface area contributed by atoms with Gasteiger partial charge in [0.15, 0.2) is 0 Å². The first-order valence-corrected chi connectivity index (χ1v) is 7.36. The van der Waals surface area contributed by atoms with Crippen molar-refractivity contribution in [3.8, 4) is 12.1 Å². The number of hydrogen-bond donors (Lipinski definition) is 2. The summed E-state index contributed by atoms with van der Waals surface area (Å²) in [5, 5.41) is 24.2. The highest BCUT2D eigenvalue weighted by Crippen LogP contribution is 2.21. The van der Waals surface area contributed by atoms with E-state index in [1.807, 2.05) is 19.1 Å². The van der Waals surface area contributed by atoms with Crippen LogP contribution >= 0.6 is 11.6 Å². The monoisotopic (exact) mass is 336 g/mol. The number of aryl methyl sites for hydroxylation is 1. The SMILES string of the molecule is Cc1ccc(Cl)cc1NC(=O)/C(C#N)=C\Nc1ccccc1C#N. The lowest BCUT2D eigenvalue weighted by molar-refractivity contribution is -0.112. The number of nitriles is 2. The summed E-state index contributed by atoms with van der Waals surface area (Å²) < 4.78 is 0. The van der Waals surface area contributed by atoms with E-state index in [0.717, 1.165) is 5.56 Å². The predicted molar refractivity (Wildman–Crippen MR) is 93.3 cm³/mol. The molecule has 0 saturated carbocycles. The van der Waals surface area contributed by atoms with Crippen molar-refractivity contribution in [3.05, 3.63) is 70.4 Å². The zero-order valence-electron chi connectivity index (χ0n) is 12.8. The van der Waals surface area contributed by atoms with Crippen LogP contribution in [-0.4, -0.2) is 5.91 Å². The smallest absolute Gasteiger partial charge is 0.267 e. The van der Waals surface area contributed by atoms with Crippen LogP contribution < -0.4 is 10.6 Å². The molecule has 0 spiro atoms. The van der Waals surface area contributed by atoms with Gasteiger partial charge in [-0.05, 0) is 36.8 Å². The summed E-state index contributed by atoms with van der Waals surface area (Å²) in [5.41, 5.74) is 2.16. The van der Waals surface area contributed by atoms with Gasteiger partial charge in [-0.2, -0.15) is 10.5 Å². The molecule has 2 N–H and O–H groups in total. The molecule has 0 aliphatic heterocycles. The van der Waals surface area contributed by atoms with Gasteiger partial charge in [0, 0.05) is 16.9 Å². The van der Waals surface area contributed by atoms with E-state index in [0.29, 0.717) is 22.0 Å². The fourth-order valence-corrected chi connectivity index (χ4v) is 2.10. The highest BCUT2D eigenvalue weighted by Gasteiger charge is 2.11. The van der Waals surface area contributed by atoms with Crippen molar-refractivity contribution in [3.63, 3.8) is 0 Å². The van der Waals surface area contributed by atoms with Crippen molar-refractivity contribution in [2.24, 2.45) is 0 Å². The Morgan fingerprint density at radius 3 is 2.62 bits per heavy atom. The normalized spacial score (nSPS) is 10.4. The third-order valence-corrected chi connectivity index (χ3v) is 3.47. The number of hydrogen-bond acceptors (Lipinski definition) is 4. The van der Waals surface area contributed by atoms with Crippen molar-refractivity contribution < 1.29 is 4.79 Å². The number of benzene rings is 2. The Labute approximate surface area is 144 Å². The number of halogens is 1. The minimum atomic E-state index is -0.565. The molecule has 2 aromatic rings. The van der Waals surface area contributed by atoms with Gasteiger partial charge in [0.2, 0.25) is 0 Å². The van der Waals surface area contributed by atoms with E-state index in [2.05, 4.69) is 10.6 Å². The van der Waals surface area contributed by atoms with E-state index < -0.39 is 5.91 Å². The summed E-state index contributed by atoms with van der Waals surface area (Å²) in [7, 11) is 0. The molecule has 0 heterocycles. The lowest BCUT2D eigenvalue weighted by Crippen LogP contribution is -2.15. The molecular formula is C18H13ClN4O. The van der Waals surface area contributed by atoms with Crippen LogP contribution in [0.4, 0.5) is 11.4 Å². The van der Waals surface area contributed by atoms with Gasteiger partial charge in [0.25, 0.3) is 5.91 Å². The summed E-state index contributed by atoms with van der Waals surface area (Å²) >= 11 is 5.91. The number of nitrogens with one attached hydrogen (secondary N) is 2. The van der Waals surface area contributed by atoms with Crippen LogP contribution in [0.3, 0.4) is 0 Å². The topological polar surface area (TPSA) is 88.7 Å². The molecule has 6 heteroatoms. The van der Waals surface area contributed by atoms with Crippen LogP contribution in [0.5, 0.6) is 0 Å². The Hall–Kier alpha value is -3.28. The van der Waals surface area contributed by atoms with Gasteiger partial charge in [-0.15, -0.1) is 0 Å². The molecule has 5 nitrogen and oxygen atoms in total. The van der Waals surface area contributed by atoms with E-state index >= 15 is 0 Å². The number of carbonyl (C=O) groups excluding carboxylic acids is 1. The van der Waals surface area contributed by atoms with Crippen molar-refractivity contribution in [1.29, 1.82) is 10.5 Å². The van der Waals surface area contributed by atoms with E-state index in [4.69, 9.17) is 16.9 Å². The van der Waals surface area contributed by atoms with Crippen molar-refractivity contribution in [1.82, 2.24) is 0 Å². The standard InChI is InChI=1S/C18H13ClN4O/c1-12-6-7-15(19)8-17(12)23-18(24)14(10-21)11-22-16-5-3-2-4-13(16)9-20/h2-8,11,22H,1H3,(H,23,24)/b14-11-. The van der Waals surface area contributed by atoms with Gasteiger partial charge in [-0.1, -0.05) is 29.8 Å². The molecule has 0 saturated heterocycles. The Kier molecular flexibility index (Phi) is 5.57. The number of carbonyl (C=O) groups is 1. The molecule has 0 bridgehead atoms. The summed E-state index contributed by atoms with van der Waals surface area (Å²) in [6.07, 6.45) is 1.27. The zero-order chi connectivity index (χ0) is 17.5. The second-order valence-electron chi connectivity index (χ2n) is 4.88. The molecule has 24 heavy (non-hydrogen) atoms. The maximum absolute atomic E-state index is 12.2. The number of nitrogens with zero attached hydrogens (tertiary/aromatic N) is 2. The highest BCUT2D eigenvalue weighted by molar-refractivity contribution is 6.31. The number of rotatable bonds is 4. The van der Waals surface area contributed by atoms with E-state index in [9.17, 15) is 10.1 Å². The van der Waals surface area contributed by atoms with Gasteiger partial charge in [0.1, 0.15) is 17.7 Å². The molecule has 0 atom stereocenters. The van der Waals surface area contributed by atoms with Gasteiger partial charge in [-0.3, -0.25) is 4.79 Å². The van der Waals surface area contributed by atoms with E-state index in [-0.39, 0.29) is 5.57 Å². The minimum absolute atomic E-state index is 0.123. The lowest BCUT2D eigenvalue weighted by atomic mass is 10.2. The molecule has 0 unspecified atom stereocenters. The van der Waals surface area contributed by atoms with Gasteiger partial charge >= 0.3 is 0 Å². The molecular weight excluding hydrogens is 324 g/mol. The first-order chi connectivity index (χ1) is 11.5. The van der Waals surface area contributed by atoms with Crippen LogP contribution in [0, 0.1) is 29.6 Å². The summed E-state index contributed by atoms with van der Waals surface area (Å²) in [6.45, 7) is 1.82. The summed E-state index contributed by atoms with van der Waals surface area (Å²) in [4.78, 5) is 12.2. The van der Waals surface area contributed by atoms with Gasteiger partial charge in [0.05, 0.1) is 11.3 Å². The van der Waals surface area contributed by atoms with Gasteiger partial charge < -0.3 is 10.6 Å². The zero-order valence-corrected chi connectivity index (χ0v) is 13.6. The number of para-hydroxylation sites is 1. The molecule has 2 rings (SSSR count). The average molecular weight is 337 g/mol. The quantitative estimate of drug-likeness (QED) is 0.653. The Bertz CT molecular complexity index is 891. The molecule has 0 aromatic heterocycles. The maximum Gasteiger partial charge on any atom is 0.267 e. The second kappa shape index (κ2) is 7.82. The van der Waals surface area contributed by atoms with Crippen molar-refractivity contribution in [2.45, 2.75) is 6.92 Å². The second-order valence-corrected chi connectivity index (χ2v) is 5.32. The van der Waals surface area contributed by atoms with Crippen molar-refractivity contribution >= 4 is 28.9 Å². The first kappa shape index (κ1) is 17.1. The largest absolute Gasteiger partial charge is 0.359 e. The van der Waals surface area contributed by atoms with Crippen molar-refractivity contribution in [2.75, 3.05) is 10.6 Å². The van der Waals surface area contributed by atoms with Crippen LogP contribution in [0.15, 0.2) is 54.2 Å². The third kappa shape index (κ3) is 4.13. The lowest BCUT2D eigenvalue weighted by Gasteiger charge is -2.09. The Morgan fingerprint density at radius 1 is 1.17 bits per heavy atom. The fraction of sp³-hybridized carbons (Fsp3) is 0.0556. The molecule has 0 aliphatic carbocycles.